The van der Waals surface area contributed by atoms with Gasteiger partial charge in [-0.2, -0.15) is 0 Å². The van der Waals surface area contributed by atoms with Crippen molar-refractivity contribution in [3.05, 3.63) is 49.3 Å². The number of benzene rings is 1. The van der Waals surface area contributed by atoms with Crippen LogP contribution in [-0.4, -0.2) is 0 Å². The van der Waals surface area contributed by atoms with Crippen molar-refractivity contribution in [1.82, 2.24) is 0 Å². The van der Waals surface area contributed by atoms with E-state index in [9.17, 15) is 13.2 Å². The third-order valence-corrected chi connectivity index (χ3v) is 4.62. The van der Waals surface area contributed by atoms with Gasteiger partial charge in [0.05, 0.1) is 0 Å². The van der Waals surface area contributed by atoms with Gasteiger partial charge in [0.15, 0.2) is 11.6 Å². The van der Waals surface area contributed by atoms with Gasteiger partial charge in [0.25, 0.3) is 0 Å². The van der Waals surface area contributed by atoms with Crippen molar-refractivity contribution < 1.29 is 13.2 Å². The monoisotopic (exact) mass is 355 g/mol. The van der Waals surface area contributed by atoms with E-state index in [2.05, 4.69) is 21.2 Å². The highest BCUT2D eigenvalue weighted by molar-refractivity contribution is 9.10. The summed E-state index contributed by atoms with van der Waals surface area (Å²) in [5.74, 6) is -2.87. The second kappa shape index (κ2) is 5.50. The molecule has 0 saturated heterocycles. The first-order valence-corrected chi connectivity index (χ1v) is 6.78. The quantitative estimate of drug-likeness (QED) is 0.797. The minimum absolute atomic E-state index is 0.204. The Kier molecular flexibility index (Phi) is 4.19. The van der Waals surface area contributed by atoms with E-state index in [4.69, 9.17) is 11.6 Å². The van der Waals surface area contributed by atoms with Crippen LogP contribution in [0.2, 0.25) is 4.34 Å². The van der Waals surface area contributed by atoms with E-state index in [1.807, 2.05) is 0 Å². The molecular formula is C11H6BrClF3NS. The van der Waals surface area contributed by atoms with Crippen LogP contribution in [-0.2, 0) is 6.54 Å². The molecule has 0 aliphatic rings. The highest BCUT2D eigenvalue weighted by atomic mass is 79.9. The van der Waals surface area contributed by atoms with Crippen LogP contribution in [0.5, 0.6) is 0 Å². The van der Waals surface area contributed by atoms with Crippen molar-refractivity contribution in [3.8, 4) is 0 Å². The average molecular weight is 357 g/mol. The highest BCUT2D eigenvalue weighted by Gasteiger charge is 2.12. The summed E-state index contributed by atoms with van der Waals surface area (Å²) in [5, 5.41) is 2.58. The first kappa shape index (κ1) is 13.7. The van der Waals surface area contributed by atoms with E-state index in [1.54, 1.807) is 6.07 Å². The fraction of sp³-hybridized carbons (Fsp3) is 0.0909. The molecule has 18 heavy (non-hydrogen) atoms. The van der Waals surface area contributed by atoms with Crippen molar-refractivity contribution in [2.24, 2.45) is 0 Å². The van der Waals surface area contributed by atoms with Crippen molar-refractivity contribution in [3.63, 3.8) is 0 Å². The molecule has 1 heterocycles. The Morgan fingerprint density at radius 2 is 1.78 bits per heavy atom. The van der Waals surface area contributed by atoms with Crippen LogP contribution in [0.15, 0.2) is 22.7 Å². The molecule has 0 saturated carbocycles. The van der Waals surface area contributed by atoms with Crippen LogP contribution in [0, 0.1) is 17.5 Å². The van der Waals surface area contributed by atoms with Crippen LogP contribution in [0.25, 0.3) is 0 Å². The lowest BCUT2D eigenvalue weighted by Gasteiger charge is -2.07. The molecular weight excluding hydrogens is 351 g/mol. The largest absolute Gasteiger partial charge is 0.375 e. The summed E-state index contributed by atoms with van der Waals surface area (Å²) < 4.78 is 40.6. The smallest absolute Gasteiger partial charge is 0.152 e. The van der Waals surface area contributed by atoms with Gasteiger partial charge in [-0.15, -0.1) is 11.3 Å². The summed E-state index contributed by atoms with van der Waals surface area (Å²) in [6.45, 7) is 0.204. The normalized spacial score (nSPS) is 10.7. The molecule has 0 unspecified atom stereocenters. The van der Waals surface area contributed by atoms with Crippen LogP contribution < -0.4 is 5.32 Å². The summed E-state index contributed by atoms with van der Waals surface area (Å²) in [6.07, 6.45) is 0. The Labute approximate surface area is 119 Å². The van der Waals surface area contributed by atoms with Crippen LogP contribution in [0.1, 0.15) is 4.88 Å². The standard InChI is InChI=1S/C11H6BrClF3NS/c12-7-3-6(18-11(7)13)4-17-10-8(15)1-5(14)2-9(10)16/h1-3,17H,4H2. The number of hydrogen-bond acceptors (Lipinski definition) is 2. The van der Waals surface area contributed by atoms with Crippen LogP contribution >= 0.6 is 38.9 Å². The molecule has 0 amide bonds. The maximum Gasteiger partial charge on any atom is 0.152 e. The second-order valence-corrected chi connectivity index (χ2v) is 6.03. The molecule has 0 aliphatic carbocycles. The van der Waals surface area contributed by atoms with Gasteiger partial charge in [-0.1, -0.05) is 11.6 Å². The molecule has 7 heteroatoms. The number of thiophene rings is 1. The van der Waals surface area contributed by atoms with Gasteiger partial charge in [0.1, 0.15) is 15.8 Å². The van der Waals surface area contributed by atoms with E-state index in [-0.39, 0.29) is 12.2 Å². The minimum atomic E-state index is -0.964. The number of rotatable bonds is 3. The van der Waals surface area contributed by atoms with Gasteiger partial charge in [-0.25, -0.2) is 13.2 Å². The molecule has 1 N–H and O–H groups in total. The molecule has 96 valence electrons. The van der Waals surface area contributed by atoms with Gasteiger partial charge in [0, 0.05) is 28.0 Å². The minimum Gasteiger partial charge on any atom is -0.375 e. The van der Waals surface area contributed by atoms with Crippen molar-refractivity contribution in [2.75, 3.05) is 5.32 Å². The lowest BCUT2D eigenvalue weighted by atomic mass is 10.2. The zero-order chi connectivity index (χ0) is 13.3. The molecule has 0 fully saturated rings. The summed E-state index contributed by atoms with van der Waals surface area (Å²) in [5.41, 5.74) is -0.350. The zero-order valence-electron chi connectivity index (χ0n) is 8.74. The number of halogens is 5. The fourth-order valence-electron chi connectivity index (χ4n) is 1.37. The molecule has 1 aromatic carbocycles. The van der Waals surface area contributed by atoms with Crippen LogP contribution in [0.4, 0.5) is 18.9 Å². The van der Waals surface area contributed by atoms with E-state index in [0.29, 0.717) is 16.5 Å². The Balaban J connectivity index is 2.15. The first-order chi connectivity index (χ1) is 8.47. The zero-order valence-corrected chi connectivity index (χ0v) is 11.9. The highest BCUT2D eigenvalue weighted by Crippen LogP contribution is 2.32. The predicted molar refractivity (Wildman–Crippen MR) is 70.7 cm³/mol. The average Bonchev–Trinajstić information content (AvgIpc) is 2.56. The van der Waals surface area contributed by atoms with E-state index < -0.39 is 17.5 Å². The van der Waals surface area contributed by atoms with Gasteiger partial charge in [-0.05, 0) is 22.0 Å². The van der Waals surface area contributed by atoms with Gasteiger partial charge in [0.2, 0.25) is 0 Å². The third-order valence-electron chi connectivity index (χ3n) is 2.14. The third kappa shape index (κ3) is 2.99. The molecule has 0 bridgehead atoms. The number of anilines is 1. The Morgan fingerprint density at radius 1 is 1.17 bits per heavy atom. The molecule has 0 atom stereocenters. The maximum atomic E-state index is 13.3. The van der Waals surface area contributed by atoms with Gasteiger partial charge >= 0.3 is 0 Å². The SMILES string of the molecule is Fc1cc(F)c(NCc2cc(Br)c(Cl)s2)c(F)c1. The fourth-order valence-corrected chi connectivity index (χ4v) is 3.10. The van der Waals surface area contributed by atoms with E-state index in [1.165, 1.54) is 11.3 Å². The topological polar surface area (TPSA) is 12.0 Å². The Bertz CT molecular complexity index is 545. The lowest BCUT2D eigenvalue weighted by Crippen LogP contribution is -2.03. The number of hydrogen-bond donors (Lipinski definition) is 1. The molecule has 1 nitrogen and oxygen atoms in total. The Hall–Kier alpha value is -0.720. The van der Waals surface area contributed by atoms with Crippen molar-refractivity contribution in [1.29, 1.82) is 0 Å². The predicted octanol–water partition coefficient (Wildman–Crippen LogP) is 5.19. The second-order valence-electron chi connectivity index (χ2n) is 3.43. The molecule has 2 rings (SSSR count). The molecule has 0 spiro atoms. The van der Waals surface area contributed by atoms with Crippen molar-refractivity contribution in [2.45, 2.75) is 6.54 Å². The summed E-state index contributed by atoms with van der Waals surface area (Å²) in [4.78, 5) is 0.801. The Morgan fingerprint density at radius 3 is 2.28 bits per heavy atom. The molecule has 0 aliphatic heterocycles. The molecule has 2 aromatic rings. The first-order valence-electron chi connectivity index (χ1n) is 4.79. The van der Waals surface area contributed by atoms with E-state index >= 15 is 0 Å². The van der Waals surface area contributed by atoms with Crippen LogP contribution in [0.3, 0.4) is 0 Å². The summed E-state index contributed by atoms with van der Waals surface area (Å²) in [7, 11) is 0. The molecule has 0 radical (unpaired) electrons. The van der Waals surface area contributed by atoms with Gasteiger partial charge < -0.3 is 5.32 Å². The van der Waals surface area contributed by atoms with E-state index in [0.717, 1.165) is 9.35 Å². The lowest BCUT2D eigenvalue weighted by molar-refractivity contribution is 0.547. The van der Waals surface area contributed by atoms with Crippen molar-refractivity contribution >= 4 is 44.6 Å². The number of nitrogens with one attached hydrogen (secondary N) is 1. The maximum absolute atomic E-state index is 13.3. The summed E-state index contributed by atoms with van der Waals surface area (Å²) >= 11 is 10.4. The van der Waals surface area contributed by atoms with Gasteiger partial charge in [-0.3, -0.25) is 0 Å². The summed E-state index contributed by atoms with van der Waals surface area (Å²) in [6, 6.07) is 3.00. The molecule has 1 aromatic heterocycles.